The highest BCUT2D eigenvalue weighted by Gasteiger charge is 2.34. The Morgan fingerprint density at radius 3 is 1.91 bits per heavy atom. The molecule has 4 rings (SSSR count). The molecule has 0 aromatic carbocycles. The minimum Gasteiger partial charge on any atom is -0.303 e. The molecule has 4 fully saturated rings. The Morgan fingerprint density at radius 2 is 1.31 bits per heavy atom. The first-order chi connectivity index (χ1) is 16.8. The second-order valence-corrected chi connectivity index (χ2v) is 15.3. The van der Waals surface area contributed by atoms with Gasteiger partial charge in [0, 0.05) is 55.3 Å². The van der Waals surface area contributed by atoms with E-state index in [1.165, 1.54) is 130 Å². The van der Waals surface area contributed by atoms with Crippen LogP contribution in [0.15, 0.2) is 0 Å². The zero-order valence-corrected chi connectivity index (χ0v) is 25.9. The molecule has 4 nitrogen and oxygen atoms in total. The van der Waals surface area contributed by atoms with E-state index in [2.05, 4.69) is 69.9 Å². The molecule has 1 unspecified atom stereocenters. The maximum atomic E-state index is 2.83. The Balaban J connectivity index is 1.08. The van der Waals surface area contributed by atoms with Crippen molar-refractivity contribution in [3.63, 3.8) is 0 Å². The van der Waals surface area contributed by atoms with Crippen molar-refractivity contribution >= 4 is 22.6 Å². The first-order valence-corrected chi connectivity index (χ1v) is 16.6. The molecule has 35 heavy (non-hydrogen) atoms. The van der Waals surface area contributed by atoms with E-state index in [-0.39, 0.29) is 0 Å². The van der Waals surface area contributed by atoms with Crippen LogP contribution in [0.3, 0.4) is 0 Å². The fourth-order valence-electron chi connectivity index (χ4n) is 7.45. The summed E-state index contributed by atoms with van der Waals surface area (Å²) in [7, 11) is 0. The monoisotopic (exact) mass is 600 g/mol. The fourth-order valence-corrected chi connectivity index (χ4v) is 8.01. The lowest BCUT2D eigenvalue weighted by atomic mass is 9.78. The standard InChI is InChI=1S/C30H57IN4/c1-25(2)34-21-19-32(20-22-34)23-28-9-7-27(8-10-28)6-5-26(3)35-17-13-30(4,14-18-35)24-33-15-11-29(31)12-16-33/h25-29H,5-24H2,1-4H3. The Kier molecular flexibility index (Phi) is 11.1. The molecule has 5 heteroatoms. The minimum atomic E-state index is 0.550. The van der Waals surface area contributed by atoms with E-state index in [0.717, 1.165) is 21.8 Å². The number of piperidine rings is 2. The Hall–Kier alpha value is 0.570. The van der Waals surface area contributed by atoms with Gasteiger partial charge in [-0.3, -0.25) is 4.90 Å². The third kappa shape index (κ3) is 8.80. The van der Waals surface area contributed by atoms with Crippen LogP contribution < -0.4 is 0 Å². The zero-order chi connectivity index (χ0) is 24.8. The summed E-state index contributed by atoms with van der Waals surface area (Å²) < 4.78 is 0.917. The van der Waals surface area contributed by atoms with Crippen molar-refractivity contribution < 1.29 is 0 Å². The maximum Gasteiger partial charge on any atom is 0.0134 e. The van der Waals surface area contributed by atoms with Crippen molar-refractivity contribution in [2.24, 2.45) is 17.3 Å². The van der Waals surface area contributed by atoms with Gasteiger partial charge in [0.1, 0.15) is 0 Å². The molecule has 1 atom stereocenters. The average Bonchev–Trinajstić information content (AvgIpc) is 2.85. The number of halogens is 1. The van der Waals surface area contributed by atoms with E-state index >= 15 is 0 Å². The lowest BCUT2D eigenvalue weighted by molar-refractivity contribution is 0.0483. The predicted octanol–water partition coefficient (Wildman–Crippen LogP) is 5.99. The van der Waals surface area contributed by atoms with Gasteiger partial charge >= 0.3 is 0 Å². The van der Waals surface area contributed by atoms with E-state index in [4.69, 9.17) is 0 Å². The summed E-state index contributed by atoms with van der Waals surface area (Å²) in [5.74, 6) is 1.97. The van der Waals surface area contributed by atoms with Gasteiger partial charge in [-0.25, -0.2) is 0 Å². The number of nitrogens with zero attached hydrogens (tertiary/aromatic N) is 4. The summed E-state index contributed by atoms with van der Waals surface area (Å²) in [4.78, 5) is 11.0. The van der Waals surface area contributed by atoms with Gasteiger partial charge in [0.25, 0.3) is 0 Å². The third-order valence-corrected chi connectivity index (χ3v) is 11.6. The molecule has 0 aromatic heterocycles. The van der Waals surface area contributed by atoms with Crippen LogP contribution >= 0.6 is 22.6 Å². The van der Waals surface area contributed by atoms with Crippen LogP contribution in [0.5, 0.6) is 0 Å². The van der Waals surface area contributed by atoms with Gasteiger partial charge in [-0.2, -0.15) is 0 Å². The van der Waals surface area contributed by atoms with Gasteiger partial charge in [0.2, 0.25) is 0 Å². The van der Waals surface area contributed by atoms with Crippen LogP contribution in [0.25, 0.3) is 0 Å². The molecule has 3 aliphatic heterocycles. The molecule has 3 heterocycles. The van der Waals surface area contributed by atoms with Crippen molar-refractivity contribution in [3.8, 4) is 0 Å². The summed E-state index contributed by atoms with van der Waals surface area (Å²) in [5, 5.41) is 0. The molecule has 0 N–H and O–H groups in total. The normalized spacial score (nSPS) is 31.7. The summed E-state index contributed by atoms with van der Waals surface area (Å²) in [6, 6.07) is 1.50. The van der Waals surface area contributed by atoms with Crippen LogP contribution in [0.1, 0.15) is 91.9 Å². The predicted molar refractivity (Wildman–Crippen MR) is 160 cm³/mol. The van der Waals surface area contributed by atoms with E-state index in [0.29, 0.717) is 11.5 Å². The average molecular weight is 601 g/mol. The molecular weight excluding hydrogens is 543 g/mol. The van der Waals surface area contributed by atoms with Gasteiger partial charge < -0.3 is 14.7 Å². The second-order valence-electron chi connectivity index (χ2n) is 13.5. The van der Waals surface area contributed by atoms with Crippen molar-refractivity contribution in [3.05, 3.63) is 0 Å². The van der Waals surface area contributed by atoms with Gasteiger partial charge in [-0.1, -0.05) is 42.4 Å². The Morgan fingerprint density at radius 1 is 0.714 bits per heavy atom. The molecule has 0 spiro atoms. The summed E-state index contributed by atoms with van der Waals surface area (Å²) in [5.41, 5.74) is 0.550. The number of hydrogen-bond donors (Lipinski definition) is 0. The summed E-state index contributed by atoms with van der Waals surface area (Å²) in [6.45, 7) is 23.0. The van der Waals surface area contributed by atoms with E-state index in [9.17, 15) is 0 Å². The molecule has 0 aromatic rings. The van der Waals surface area contributed by atoms with Crippen molar-refractivity contribution in [1.82, 2.24) is 19.6 Å². The van der Waals surface area contributed by atoms with Crippen LogP contribution in [-0.2, 0) is 0 Å². The number of piperazine rings is 1. The van der Waals surface area contributed by atoms with E-state index < -0.39 is 0 Å². The van der Waals surface area contributed by atoms with Gasteiger partial charge in [-0.15, -0.1) is 0 Å². The zero-order valence-electron chi connectivity index (χ0n) is 23.7. The molecule has 204 valence electrons. The van der Waals surface area contributed by atoms with Gasteiger partial charge in [-0.05, 0) is 116 Å². The van der Waals surface area contributed by atoms with Crippen molar-refractivity contribution in [2.75, 3.05) is 65.4 Å². The number of hydrogen-bond acceptors (Lipinski definition) is 4. The van der Waals surface area contributed by atoms with Gasteiger partial charge in [0.15, 0.2) is 0 Å². The molecule has 0 radical (unpaired) electrons. The smallest absolute Gasteiger partial charge is 0.0134 e. The molecule has 1 aliphatic carbocycles. The molecule has 4 aliphatic rings. The van der Waals surface area contributed by atoms with Crippen LogP contribution in [0.4, 0.5) is 0 Å². The molecule has 3 saturated heterocycles. The van der Waals surface area contributed by atoms with Crippen molar-refractivity contribution in [1.29, 1.82) is 0 Å². The maximum absolute atomic E-state index is 2.83. The Bertz CT molecular complexity index is 595. The van der Waals surface area contributed by atoms with E-state index in [1.807, 2.05) is 0 Å². The molecule has 1 saturated carbocycles. The van der Waals surface area contributed by atoms with E-state index in [1.54, 1.807) is 0 Å². The van der Waals surface area contributed by atoms with Crippen molar-refractivity contribution in [2.45, 2.75) is 108 Å². The molecule has 0 amide bonds. The quantitative estimate of drug-likeness (QED) is 0.238. The number of alkyl halides is 1. The fraction of sp³-hybridized carbons (Fsp3) is 1.00. The number of likely N-dealkylation sites (tertiary alicyclic amines) is 2. The van der Waals surface area contributed by atoms with Gasteiger partial charge in [0.05, 0.1) is 0 Å². The first-order valence-electron chi connectivity index (χ1n) is 15.4. The lowest BCUT2D eigenvalue weighted by Gasteiger charge is -2.45. The highest BCUT2D eigenvalue weighted by atomic mass is 127. The lowest BCUT2D eigenvalue weighted by Crippen LogP contribution is -2.50. The van der Waals surface area contributed by atoms with Crippen LogP contribution in [0, 0.1) is 17.3 Å². The highest BCUT2D eigenvalue weighted by Crippen LogP contribution is 2.36. The number of rotatable bonds is 9. The largest absolute Gasteiger partial charge is 0.303 e. The Labute approximate surface area is 232 Å². The molecule has 0 bridgehead atoms. The first kappa shape index (κ1) is 28.6. The minimum absolute atomic E-state index is 0.550. The van der Waals surface area contributed by atoms with Crippen LogP contribution in [0.2, 0.25) is 0 Å². The van der Waals surface area contributed by atoms with Crippen LogP contribution in [-0.4, -0.2) is 101 Å². The second kappa shape index (κ2) is 13.6. The highest BCUT2D eigenvalue weighted by molar-refractivity contribution is 14.1. The third-order valence-electron chi connectivity index (χ3n) is 10.4. The topological polar surface area (TPSA) is 13.0 Å². The summed E-state index contributed by atoms with van der Waals surface area (Å²) >= 11 is 2.65. The SMILES string of the molecule is CC(C)N1CCN(CC2CCC(CCC(C)N3CCC(C)(CN4CCC(I)CC4)CC3)CC2)CC1. The summed E-state index contributed by atoms with van der Waals surface area (Å²) in [6.07, 6.45) is 14.5. The molecular formula is C30H57IN4.